The molecular formula is C23H26ClN5O. The number of nitrogens with zero attached hydrogens (tertiary/aromatic N) is 4. The topological polar surface area (TPSA) is 55.5 Å². The number of H-pyrrole nitrogens is 1. The number of carbonyl (C=O) groups is 1. The molecule has 0 aliphatic carbocycles. The Balaban J connectivity index is 1.41. The Bertz CT molecular complexity index is 997. The van der Waals surface area contributed by atoms with E-state index in [0.717, 1.165) is 54.4 Å². The van der Waals surface area contributed by atoms with Crippen LogP contribution in [0.3, 0.4) is 0 Å². The number of hydrogen-bond donors (Lipinski definition) is 1. The fourth-order valence-electron chi connectivity index (χ4n) is 3.68. The fourth-order valence-corrected chi connectivity index (χ4v) is 3.81. The molecule has 1 fully saturated rings. The number of amides is 1. The monoisotopic (exact) mass is 423 g/mol. The number of aromatic nitrogens is 2. The van der Waals surface area contributed by atoms with Gasteiger partial charge >= 0.3 is 0 Å². The number of aromatic amines is 1. The van der Waals surface area contributed by atoms with Crippen LogP contribution in [0.1, 0.15) is 16.8 Å². The summed E-state index contributed by atoms with van der Waals surface area (Å²) < 4.78 is 0. The minimum absolute atomic E-state index is 0.0889. The van der Waals surface area contributed by atoms with Crippen LogP contribution in [-0.2, 0) is 0 Å². The minimum atomic E-state index is 0.0889. The molecule has 0 spiro atoms. The molecule has 2 heterocycles. The fraction of sp³-hybridized carbons (Fsp3) is 0.304. The third-order valence-corrected chi connectivity index (χ3v) is 5.71. The molecule has 156 valence electrons. The summed E-state index contributed by atoms with van der Waals surface area (Å²) in [6.45, 7) is 3.05. The van der Waals surface area contributed by atoms with Crippen LogP contribution in [0.5, 0.6) is 0 Å². The second-order valence-corrected chi connectivity index (χ2v) is 8.16. The lowest BCUT2D eigenvalue weighted by molar-refractivity contribution is 0.0767. The van der Waals surface area contributed by atoms with Crippen molar-refractivity contribution in [3.63, 3.8) is 0 Å². The zero-order valence-electron chi connectivity index (χ0n) is 17.3. The van der Waals surface area contributed by atoms with Crippen molar-refractivity contribution in [2.24, 2.45) is 0 Å². The van der Waals surface area contributed by atoms with E-state index in [9.17, 15) is 4.79 Å². The molecule has 0 unspecified atom stereocenters. The van der Waals surface area contributed by atoms with Crippen LogP contribution < -0.4 is 9.80 Å². The first kappa shape index (κ1) is 20.3. The SMILES string of the molecule is CN(C)c1ccc(C(=O)N2CCCN(c3cc(-c4ccc(Cl)cc4)[nH]n3)CC2)cc1. The van der Waals surface area contributed by atoms with E-state index in [1.807, 2.05) is 72.4 Å². The average Bonchev–Trinajstić information content (AvgIpc) is 3.12. The number of nitrogens with one attached hydrogen (secondary N) is 1. The summed E-state index contributed by atoms with van der Waals surface area (Å²) in [6.07, 6.45) is 0.907. The molecule has 4 rings (SSSR count). The highest BCUT2D eigenvalue weighted by Gasteiger charge is 2.22. The van der Waals surface area contributed by atoms with E-state index in [1.165, 1.54) is 0 Å². The summed E-state index contributed by atoms with van der Waals surface area (Å²) in [5.41, 5.74) is 3.83. The number of carbonyl (C=O) groups excluding carboxylic acids is 1. The highest BCUT2D eigenvalue weighted by molar-refractivity contribution is 6.30. The van der Waals surface area contributed by atoms with Crippen LogP contribution in [0.25, 0.3) is 11.3 Å². The molecule has 7 heteroatoms. The van der Waals surface area contributed by atoms with Gasteiger partial charge in [-0.15, -0.1) is 0 Å². The van der Waals surface area contributed by atoms with Crippen LogP contribution in [0, 0.1) is 0 Å². The van der Waals surface area contributed by atoms with Crippen molar-refractivity contribution in [2.45, 2.75) is 6.42 Å². The zero-order valence-corrected chi connectivity index (χ0v) is 18.1. The first-order valence-electron chi connectivity index (χ1n) is 10.1. The molecule has 0 radical (unpaired) electrons. The molecule has 30 heavy (non-hydrogen) atoms. The van der Waals surface area contributed by atoms with Gasteiger partial charge in [0.2, 0.25) is 0 Å². The number of hydrogen-bond acceptors (Lipinski definition) is 4. The van der Waals surface area contributed by atoms with E-state index in [1.54, 1.807) is 0 Å². The lowest BCUT2D eigenvalue weighted by Crippen LogP contribution is -2.35. The summed E-state index contributed by atoms with van der Waals surface area (Å²) in [7, 11) is 3.99. The summed E-state index contributed by atoms with van der Waals surface area (Å²) in [4.78, 5) is 19.2. The molecule has 0 saturated carbocycles. The Labute approximate surface area is 182 Å². The molecule has 1 N–H and O–H groups in total. The normalized spacial score (nSPS) is 14.5. The second-order valence-electron chi connectivity index (χ2n) is 7.72. The van der Waals surface area contributed by atoms with Crippen molar-refractivity contribution >= 4 is 29.0 Å². The average molecular weight is 424 g/mol. The van der Waals surface area contributed by atoms with Gasteiger partial charge in [0.25, 0.3) is 5.91 Å². The van der Waals surface area contributed by atoms with Gasteiger partial charge in [0.05, 0.1) is 5.69 Å². The molecule has 6 nitrogen and oxygen atoms in total. The van der Waals surface area contributed by atoms with Crippen LogP contribution >= 0.6 is 11.6 Å². The molecule has 1 amide bonds. The van der Waals surface area contributed by atoms with Crippen LogP contribution in [0.2, 0.25) is 5.02 Å². The maximum Gasteiger partial charge on any atom is 0.253 e. The molecular weight excluding hydrogens is 398 g/mol. The van der Waals surface area contributed by atoms with Crippen molar-refractivity contribution in [3.05, 3.63) is 65.2 Å². The van der Waals surface area contributed by atoms with Gasteiger partial charge in [-0.1, -0.05) is 23.7 Å². The standard InChI is InChI=1S/C23H26ClN5O/c1-27(2)20-10-6-18(7-11-20)23(30)29-13-3-12-28(14-15-29)22-16-21(25-26-22)17-4-8-19(24)9-5-17/h4-11,16H,3,12-15H2,1-2H3,(H,25,26). The van der Waals surface area contributed by atoms with Gasteiger partial charge in [0.1, 0.15) is 0 Å². The second kappa shape index (κ2) is 8.79. The van der Waals surface area contributed by atoms with Gasteiger partial charge < -0.3 is 14.7 Å². The van der Waals surface area contributed by atoms with Crippen molar-refractivity contribution in [1.29, 1.82) is 0 Å². The lowest BCUT2D eigenvalue weighted by Gasteiger charge is -2.22. The Morgan fingerprint density at radius 3 is 2.43 bits per heavy atom. The van der Waals surface area contributed by atoms with Crippen molar-refractivity contribution < 1.29 is 4.79 Å². The van der Waals surface area contributed by atoms with Crippen LogP contribution in [-0.4, -0.2) is 61.3 Å². The molecule has 3 aromatic rings. The van der Waals surface area contributed by atoms with Gasteiger partial charge in [-0.3, -0.25) is 9.89 Å². The Morgan fingerprint density at radius 1 is 1.00 bits per heavy atom. The molecule has 1 aromatic heterocycles. The zero-order chi connectivity index (χ0) is 21.1. The quantitative estimate of drug-likeness (QED) is 0.685. The predicted octanol–water partition coefficient (Wildman–Crippen LogP) is 4.15. The maximum atomic E-state index is 13.0. The van der Waals surface area contributed by atoms with Gasteiger partial charge in [0, 0.05) is 62.6 Å². The van der Waals surface area contributed by atoms with Gasteiger partial charge in [0.15, 0.2) is 5.82 Å². The molecule has 1 saturated heterocycles. The summed E-state index contributed by atoms with van der Waals surface area (Å²) >= 11 is 5.98. The molecule has 0 bridgehead atoms. The van der Waals surface area contributed by atoms with Crippen molar-refractivity contribution in [1.82, 2.24) is 15.1 Å². The van der Waals surface area contributed by atoms with Crippen LogP contribution in [0.4, 0.5) is 11.5 Å². The smallest absolute Gasteiger partial charge is 0.253 e. The summed E-state index contributed by atoms with van der Waals surface area (Å²) in [5.74, 6) is 0.996. The first-order valence-corrected chi connectivity index (χ1v) is 10.5. The van der Waals surface area contributed by atoms with Gasteiger partial charge in [-0.25, -0.2) is 0 Å². The van der Waals surface area contributed by atoms with Crippen LogP contribution in [0.15, 0.2) is 54.6 Å². The first-order chi connectivity index (χ1) is 14.5. The number of benzene rings is 2. The van der Waals surface area contributed by atoms with E-state index in [2.05, 4.69) is 21.2 Å². The third-order valence-electron chi connectivity index (χ3n) is 5.46. The number of anilines is 2. The van der Waals surface area contributed by atoms with E-state index in [-0.39, 0.29) is 5.91 Å². The van der Waals surface area contributed by atoms with Gasteiger partial charge in [-0.2, -0.15) is 5.10 Å². The minimum Gasteiger partial charge on any atom is -0.378 e. The molecule has 0 atom stereocenters. The lowest BCUT2D eigenvalue weighted by atomic mass is 10.1. The Hall–Kier alpha value is -2.99. The number of halogens is 1. The highest BCUT2D eigenvalue weighted by atomic mass is 35.5. The Kier molecular flexibility index (Phi) is 5.95. The molecule has 2 aromatic carbocycles. The molecule has 1 aliphatic heterocycles. The van der Waals surface area contributed by atoms with Gasteiger partial charge in [-0.05, 0) is 48.4 Å². The van der Waals surface area contributed by atoms with Crippen molar-refractivity contribution in [2.75, 3.05) is 50.1 Å². The van der Waals surface area contributed by atoms with E-state index in [4.69, 9.17) is 11.6 Å². The maximum absolute atomic E-state index is 13.0. The van der Waals surface area contributed by atoms with E-state index >= 15 is 0 Å². The summed E-state index contributed by atoms with van der Waals surface area (Å²) in [5, 5.41) is 8.32. The number of rotatable bonds is 4. The third kappa shape index (κ3) is 4.44. The predicted molar refractivity (Wildman–Crippen MR) is 123 cm³/mol. The van der Waals surface area contributed by atoms with Crippen molar-refractivity contribution in [3.8, 4) is 11.3 Å². The summed E-state index contributed by atoms with van der Waals surface area (Å²) in [6, 6.07) is 17.5. The van der Waals surface area contributed by atoms with E-state index < -0.39 is 0 Å². The highest BCUT2D eigenvalue weighted by Crippen LogP contribution is 2.24. The largest absolute Gasteiger partial charge is 0.378 e. The Morgan fingerprint density at radius 2 is 1.73 bits per heavy atom. The van der Waals surface area contributed by atoms with E-state index in [0.29, 0.717) is 11.6 Å². The molecule has 1 aliphatic rings.